The van der Waals surface area contributed by atoms with Crippen LogP contribution in [0.5, 0.6) is 0 Å². The molecule has 2 heteroatoms. The summed E-state index contributed by atoms with van der Waals surface area (Å²) in [6.07, 6.45) is 5.29. The SMILES string of the molecule is CCC(C)C(=O)C1(CN)CCC(C)CC1. The van der Waals surface area contributed by atoms with Crippen molar-refractivity contribution in [3.63, 3.8) is 0 Å². The maximum atomic E-state index is 12.3. The van der Waals surface area contributed by atoms with E-state index >= 15 is 0 Å². The van der Waals surface area contributed by atoms with Crippen LogP contribution in [0.1, 0.15) is 52.9 Å². The molecule has 0 aromatic carbocycles. The van der Waals surface area contributed by atoms with Crippen molar-refractivity contribution in [3.8, 4) is 0 Å². The van der Waals surface area contributed by atoms with Crippen LogP contribution >= 0.6 is 0 Å². The van der Waals surface area contributed by atoms with Gasteiger partial charge in [-0.25, -0.2) is 0 Å². The van der Waals surface area contributed by atoms with Crippen LogP contribution in [-0.2, 0) is 4.79 Å². The van der Waals surface area contributed by atoms with E-state index in [4.69, 9.17) is 5.73 Å². The summed E-state index contributed by atoms with van der Waals surface area (Å²) in [5.74, 6) is 1.37. The van der Waals surface area contributed by atoms with Gasteiger partial charge in [0.1, 0.15) is 5.78 Å². The van der Waals surface area contributed by atoms with Crippen LogP contribution in [0, 0.1) is 17.3 Å². The molecule has 0 aromatic heterocycles. The number of carbonyl (C=O) groups excluding carboxylic acids is 1. The quantitative estimate of drug-likeness (QED) is 0.777. The van der Waals surface area contributed by atoms with E-state index < -0.39 is 0 Å². The smallest absolute Gasteiger partial charge is 0.143 e. The molecule has 0 bridgehead atoms. The summed E-state index contributed by atoms with van der Waals surface area (Å²) < 4.78 is 0. The molecule has 1 fully saturated rings. The van der Waals surface area contributed by atoms with Gasteiger partial charge < -0.3 is 5.73 Å². The Labute approximate surface area is 93.6 Å². The Morgan fingerprint density at radius 2 is 2.00 bits per heavy atom. The number of hydrogen-bond donors (Lipinski definition) is 1. The van der Waals surface area contributed by atoms with Gasteiger partial charge in [0.25, 0.3) is 0 Å². The number of hydrogen-bond acceptors (Lipinski definition) is 2. The fourth-order valence-corrected chi connectivity index (χ4v) is 2.57. The van der Waals surface area contributed by atoms with E-state index in [1.54, 1.807) is 0 Å². The molecule has 2 nitrogen and oxygen atoms in total. The van der Waals surface area contributed by atoms with Gasteiger partial charge in [-0.05, 0) is 38.0 Å². The predicted molar refractivity (Wildman–Crippen MR) is 63.6 cm³/mol. The summed E-state index contributed by atoms with van der Waals surface area (Å²) in [5, 5.41) is 0. The lowest BCUT2D eigenvalue weighted by atomic mass is 9.66. The second kappa shape index (κ2) is 5.11. The highest BCUT2D eigenvalue weighted by Crippen LogP contribution is 2.40. The van der Waals surface area contributed by atoms with Gasteiger partial charge in [-0.1, -0.05) is 20.8 Å². The molecular weight excluding hydrogens is 186 g/mol. The van der Waals surface area contributed by atoms with E-state index in [-0.39, 0.29) is 11.3 Å². The molecule has 1 aliphatic rings. The van der Waals surface area contributed by atoms with Crippen molar-refractivity contribution in [2.24, 2.45) is 23.0 Å². The van der Waals surface area contributed by atoms with Crippen LogP contribution in [-0.4, -0.2) is 12.3 Å². The highest BCUT2D eigenvalue weighted by molar-refractivity contribution is 5.87. The first-order chi connectivity index (χ1) is 7.05. The minimum atomic E-state index is -0.179. The van der Waals surface area contributed by atoms with E-state index in [0.29, 0.717) is 12.3 Å². The topological polar surface area (TPSA) is 43.1 Å². The number of rotatable bonds is 4. The second-order valence-corrected chi connectivity index (χ2v) is 5.34. The monoisotopic (exact) mass is 211 g/mol. The summed E-state index contributed by atoms with van der Waals surface area (Å²) in [6.45, 7) is 6.94. The minimum Gasteiger partial charge on any atom is -0.329 e. The van der Waals surface area contributed by atoms with Gasteiger partial charge in [0.05, 0.1) is 0 Å². The zero-order valence-electron chi connectivity index (χ0n) is 10.4. The number of carbonyl (C=O) groups is 1. The molecule has 0 aromatic rings. The minimum absolute atomic E-state index is 0.179. The summed E-state index contributed by atoms with van der Waals surface area (Å²) in [4.78, 5) is 12.3. The first kappa shape index (κ1) is 12.7. The van der Waals surface area contributed by atoms with Crippen LogP contribution in [0.2, 0.25) is 0 Å². The molecule has 0 aliphatic heterocycles. The molecule has 1 aliphatic carbocycles. The largest absolute Gasteiger partial charge is 0.329 e. The average molecular weight is 211 g/mol. The van der Waals surface area contributed by atoms with Gasteiger partial charge in [0.2, 0.25) is 0 Å². The fourth-order valence-electron chi connectivity index (χ4n) is 2.57. The summed E-state index contributed by atoms with van der Waals surface area (Å²) in [7, 11) is 0. The lowest BCUT2D eigenvalue weighted by molar-refractivity contribution is -0.134. The van der Waals surface area contributed by atoms with Gasteiger partial charge in [-0.2, -0.15) is 0 Å². The molecule has 0 saturated heterocycles. The lowest BCUT2D eigenvalue weighted by Gasteiger charge is -2.38. The summed E-state index contributed by atoms with van der Waals surface area (Å²) in [6, 6.07) is 0. The zero-order valence-corrected chi connectivity index (χ0v) is 10.4. The first-order valence-corrected chi connectivity index (χ1v) is 6.30. The number of nitrogens with two attached hydrogens (primary N) is 1. The van der Waals surface area contributed by atoms with Crippen molar-refractivity contribution < 1.29 is 4.79 Å². The van der Waals surface area contributed by atoms with Crippen molar-refractivity contribution >= 4 is 5.78 Å². The van der Waals surface area contributed by atoms with Crippen LogP contribution in [0.25, 0.3) is 0 Å². The molecule has 15 heavy (non-hydrogen) atoms. The van der Waals surface area contributed by atoms with Gasteiger partial charge in [0.15, 0.2) is 0 Å². The van der Waals surface area contributed by atoms with Crippen LogP contribution in [0.3, 0.4) is 0 Å². The van der Waals surface area contributed by atoms with Crippen molar-refractivity contribution in [2.75, 3.05) is 6.54 Å². The van der Waals surface area contributed by atoms with Crippen LogP contribution in [0.4, 0.5) is 0 Å². The average Bonchev–Trinajstić information content (AvgIpc) is 2.28. The Morgan fingerprint density at radius 1 is 1.47 bits per heavy atom. The third-order valence-electron chi connectivity index (χ3n) is 4.20. The Morgan fingerprint density at radius 3 is 2.40 bits per heavy atom. The Balaban J connectivity index is 2.72. The first-order valence-electron chi connectivity index (χ1n) is 6.30. The number of Topliss-reactive ketones (excluding diaryl/α,β-unsaturated/α-hetero) is 1. The van der Waals surface area contributed by atoms with Gasteiger partial charge in [-0.15, -0.1) is 0 Å². The molecule has 0 heterocycles. The van der Waals surface area contributed by atoms with Crippen LogP contribution < -0.4 is 5.73 Å². The molecule has 1 saturated carbocycles. The molecule has 0 spiro atoms. The van der Waals surface area contributed by atoms with E-state index in [9.17, 15) is 4.79 Å². The highest BCUT2D eigenvalue weighted by Gasteiger charge is 2.40. The molecule has 1 unspecified atom stereocenters. The molecule has 2 N–H and O–H groups in total. The van der Waals surface area contributed by atoms with Gasteiger partial charge in [0, 0.05) is 17.9 Å². The number of ketones is 1. The Kier molecular flexibility index (Phi) is 4.32. The zero-order chi connectivity index (χ0) is 11.5. The maximum absolute atomic E-state index is 12.3. The van der Waals surface area contributed by atoms with Crippen molar-refractivity contribution in [2.45, 2.75) is 52.9 Å². The predicted octanol–water partition coefficient (Wildman–Crippen LogP) is 2.76. The summed E-state index contributed by atoms with van der Waals surface area (Å²) in [5.41, 5.74) is 5.68. The molecule has 0 amide bonds. The fraction of sp³-hybridized carbons (Fsp3) is 0.923. The molecular formula is C13H25NO. The third-order valence-corrected chi connectivity index (χ3v) is 4.20. The van der Waals surface area contributed by atoms with Crippen molar-refractivity contribution in [1.29, 1.82) is 0 Å². The van der Waals surface area contributed by atoms with Gasteiger partial charge >= 0.3 is 0 Å². The maximum Gasteiger partial charge on any atom is 0.143 e. The van der Waals surface area contributed by atoms with E-state index in [1.807, 2.05) is 6.92 Å². The lowest BCUT2D eigenvalue weighted by Crippen LogP contribution is -2.44. The second-order valence-electron chi connectivity index (χ2n) is 5.34. The van der Waals surface area contributed by atoms with E-state index in [2.05, 4.69) is 13.8 Å². The Hall–Kier alpha value is -0.370. The Bertz CT molecular complexity index is 217. The molecule has 0 radical (unpaired) electrons. The van der Waals surface area contributed by atoms with Crippen LogP contribution in [0.15, 0.2) is 0 Å². The normalized spacial score (nSPS) is 33.7. The molecule has 88 valence electrons. The van der Waals surface area contributed by atoms with Crippen molar-refractivity contribution in [3.05, 3.63) is 0 Å². The molecule has 1 rings (SSSR count). The highest BCUT2D eigenvalue weighted by atomic mass is 16.1. The van der Waals surface area contributed by atoms with E-state index in [1.165, 1.54) is 12.8 Å². The standard InChI is InChI=1S/C13H25NO/c1-4-11(3)12(15)13(9-14)7-5-10(2)6-8-13/h10-11H,4-9,14H2,1-3H3. The van der Waals surface area contributed by atoms with E-state index in [0.717, 1.165) is 25.2 Å². The van der Waals surface area contributed by atoms with Crippen molar-refractivity contribution in [1.82, 2.24) is 0 Å². The van der Waals surface area contributed by atoms with Gasteiger partial charge in [-0.3, -0.25) is 4.79 Å². The molecule has 1 atom stereocenters. The summed E-state index contributed by atoms with van der Waals surface area (Å²) >= 11 is 0. The third kappa shape index (κ3) is 2.60.